The predicted octanol–water partition coefficient (Wildman–Crippen LogP) is 2.42. The SMILES string of the molecule is Cc1ccc(N)cc1.O=[N+]([O-])c1cccc(S(=O)(=O)O)c1. The minimum atomic E-state index is -4.36. The number of nitrogens with two attached hydrogens (primary N) is 1. The first kappa shape index (κ1) is 16.6. The van der Waals surface area contributed by atoms with Crippen molar-refractivity contribution in [3.8, 4) is 0 Å². The number of nitrogens with zero attached hydrogens (tertiary/aromatic N) is 1. The summed E-state index contributed by atoms with van der Waals surface area (Å²) in [6, 6.07) is 12.0. The predicted molar refractivity (Wildman–Crippen MR) is 78.5 cm³/mol. The summed E-state index contributed by atoms with van der Waals surface area (Å²) in [5.41, 5.74) is 7.13. The van der Waals surface area contributed by atoms with Gasteiger partial charge < -0.3 is 5.73 Å². The van der Waals surface area contributed by atoms with Crippen LogP contribution >= 0.6 is 0 Å². The Morgan fingerprint density at radius 2 is 1.71 bits per heavy atom. The van der Waals surface area contributed by atoms with Crippen LogP contribution in [0.2, 0.25) is 0 Å². The number of nitro groups is 1. The molecule has 0 fully saturated rings. The Kier molecular flexibility index (Phi) is 5.39. The van der Waals surface area contributed by atoms with Gasteiger partial charge in [0.25, 0.3) is 15.8 Å². The van der Waals surface area contributed by atoms with E-state index in [4.69, 9.17) is 10.3 Å². The quantitative estimate of drug-likeness (QED) is 0.380. The maximum absolute atomic E-state index is 10.5. The molecule has 2 aromatic rings. The lowest BCUT2D eigenvalue weighted by molar-refractivity contribution is -0.385. The fourth-order valence-electron chi connectivity index (χ4n) is 1.32. The van der Waals surface area contributed by atoms with E-state index in [1.165, 1.54) is 11.6 Å². The Morgan fingerprint density at radius 1 is 1.14 bits per heavy atom. The zero-order valence-corrected chi connectivity index (χ0v) is 11.9. The summed E-state index contributed by atoms with van der Waals surface area (Å²) in [5, 5.41) is 10.2. The van der Waals surface area contributed by atoms with Crippen molar-refractivity contribution in [2.24, 2.45) is 0 Å². The van der Waals surface area contributed by atoms with Crippen molar-refractivity contribution in [3.05, 3.63) is 64.2 Å². The molecule has 0 atom stereocenters. The van der Waals surface area contributed by atoms with E-state index in [9.17, 15) is 18.5 Å². The first-order valence-corrected chi connectivity index (χ1v) is 7.18. The van der Waals surface area contributed by atoms with Crippen molar-refractivity contribution in [2.45, 2.75) is 11.8 Å². The van der Waals surface area contributed by atoms with Crippen molar-refractivity contribution in [2.75, 3.05) is 5.73 Å². The van der Waals surface area contributed by atoms with Crippen molar-refractivity contribution in [1.82, 2.24) is 0 Å². The molecular formula is C13H14N2O5S. The third kappa shape index (κ3) is 5.59. The number of non-ortho nitro benzene ring substituents is 1. The second-order valence-electron chi connectivity index (χ2n) is 4.14. The minimum Gasteiger partial charge on any atom is -0.399 e. The van der Waals surface area contributed by atoms with Crippen LogP contribution in [-0.2, 0) is 10.1 Å². The number of anilines is 1. The van der Waals surface area contributed by atoms with Gasteiger partial charge in [-0.3, -0.25) is 14.7 Å². The van der Waals surface area contributed by atoms with Gasteiger partial charge in [-0.1, -0.05) is 23.8 Å². The number of hydrogen-bond donors (Lipinski definition) is 2. The maximum atomic E-state index is 10.5. The van der Waals surface area contributed by atoms with Gasteiger partial charge >= 0.3 is 0 Å². The summed E-state index contributed by atoms with van der Waals surface area (Å²) in [6.07, 6.45) is 0. The molecule has 21 heavy (non-hydrogen) atoms. The molecule has 7 nitrogen and oxygen atoms in total. The third-order valence-electron chi connectivity index (χ3n) is 2.40. The highest BCUT2D eigenvalue weighted by molar-refractivity contribution is 7.85. The van der Waals surface area contributed by atoms with E-state index in [0.29, 0.717) is 0 Å². The first-order chi connectivity index (χ1) is 9.70. The van der Waals surface area contributed by atoms with Gasteiger partial charge in [-0.2, -0.15) is 8.42 Å². The van der Waals surface area contributed by atoms with Gasteiger partial charge in [0, 0.05) is 17.8 Å². The standard InChI is InChI=1S/C7H9N.C6H5NO5S/c1-6-2-4-7(8)5-3-6;8-7(9)5-2-1-3-6(4-5)13(10,11)12/h2-5H,8H2,1H3;1-4H,(H,10,11,12). The number of aryl methyl sites for hydroxylation is 1. The van der Waals surface area contributed by atoms with E-state index >= 15 is 0 Å². The topological polar surface area (TPSA) is 124 Å². The molecule has 2 rings (SSSR count). The van der Waals surface area contributed by atoms with Crippen LogP contribution in [0.5, 0.6) is 0 Å². The molecule has 2 aromatic carbocycles. The monoisotopic (exact) mass is 310 g/mol. The molecule has 0 saturated carbocycles. The van der Waals surface area contributed by atoms with Crippen LogP contribution < -0.4 is 5.73 Å². The molecule has 0 aliphatic carbocycles. The summed E-state index contributed by atoms with van der Waals surface area (Å²) in [5.74, 6) is 0. The van der Waals surface area contributed by atoms with Crippen LogP contribution in [0.1, 0.15) is 5.56 Å². The molecule has 0 saturated heterocycles. The second-order valence-corrected chi connectivity index (χ2v) is 5.56. The molecule has 0 radical (unpaired) electrons. The summed E-state index contributed by atoms with van der Waals surface area (Å²) in [4.78, 5) is 8.98. The van der Waals surface area contributed by atoms with Crippen LogP contribution in [0.3, 0.4) is 0 Å². The smallest absolute Gasteiger partial charge is 0.294 e. The average Bonchev–Trinajstić information content (AvgIpc) is 2.42. The molecule has 0 bridgehead atoms. The van der Waals surface area contributed by atoms with Crippen molar-refractivity contribution in [3.63, 3.8) is 0 Å². The van der Waals surface area contributed by atoms with E-state index < -0.39 is 19.9 Å². The molecule has 0 spiro atoms. The Balaban J connectivity index is 0.000000235. The average molecular weight is 310 g/mol. The Bertz CT molecular complexity index is 705. The lowest BCUT2D eigenvalue weighted by Gasteiger charge is -1.95. The zero-order valence-electron chi connectivity index (χ0n) is 11.1. The van der Waals surface area contributed by atoms with Crippen LogP contribution in [0.15, 0.2) is 53.4 Å². The van der Waals surface area contributed by atoms with Crippen LogP contribution in [0, 0.1) is 17.0 Å². The van der Waals surface area contributed by atoms with Crippen molar-refractivity contribution in [1.29, 1.82) is 0 Å². The van der Waals surface area contributed by atoms with Crippen molar-refractivity contribution >= 4 is 21.5 Å². The Hall–Kier alpha value is -2.45. The first-order valence-electron chi connectivity index (χ1n) is 5.74. The summed E-state index contributed by atoms with van der Waals surface area (Å²) in [7, 11) is -4.36. The third-order valence-corrected chi connectivity index (χ3v) is 3.25. The van der Waals surface area contributed by atoms with E-state index in [2.05, 4.69) is 0 Å². The fraction of sp³-hybridized carbons (Fsp3) is 0.0769. The lowest BCUT2D eigenvalue weighted by atomic mass is 10.2. The molecule has 3 N–H and O–H groups in total. The number of hydrogen-bond acceptors (Lipinski definition) is 5. The van der Waals surface area contributed by atoms with Gasteiger partial charge in [0.1, 0.15) is 4.90 Å². The van der Waals surface area contributed by atoms with Gasteiger partial charge in [-0.15, -0.1) is 0 Å². The minimum absolute atomic E-state index is 0.380. The molecule has 112 valence electrons. The van der Waals surface area contributed by atoms with Gasteiger partial charge in [0.05, 0.1) is 4.92 Å². The Labute approximate surface area is 121 Å². The summed E-state index contributed by atoms with van der Waals surface area (Å²) >= 11 is 0. The highest BCUT2D eigenvalue weighted by Crippen LogP contribution is 2.16. The zero-order chi connectivity index (χ0) is 16.0. The molecular weight excluding hydrogens is 296 g/mol. The van der Waals surface area contributed by atoms with Crippen LogP contribution in [0.25, 0.3) is 0 Å². The normalized spacial score (nSPS) is 10.4. The number of rotatable bonds is 2. The number of nitro benzene ring substituents is 1. The molecule has 0 aliphatic rings. The molecule has 8 heteroatoms. The van der Waals surface area contributed by atoms with Crippen molar-refractivity contribution < 1.29 is 17.9 Å². The second kappa shape index (κ2) is 6.82. The van der Waals surface area contributed by atoms with Gasteiger partial charge in [0.2, 0.25) is 0 Å². The summed E-state index contributed by atoms with van der Waals surface area (Å²) < 4.78 is 29.6. The van der Waals surface area contributed by atoms with E-state index in [1.807, 2.05) is 31.2 Å². The molecule has 0 unspecified atom stereocenters. The largest absolute Gasteiger partial charge is 0.399 e. The van der Waals surface area contributed by atoms with Crippen LogP contribution in [0.4, 0.5) is 11.4 Å². The molecule has 0 heterocycles. The maximum Gasteiger partial charge on any atom is 0.294 e. The van der Waals surface area contributed by atoms with Gasteiger partial charge in [-0.25, -0.2) is 0 Å². The fourth-order valence-corrected chi connectivity index (χ4v) is 1.84. The van der Waals surface area contributed by atoms with E-state index in [1.54, 1.807) is 0 Å². The highest BCUT2D eigenvalue weighted by Gasteiger charge is 2.13. The Morgan fingerprint density at radius 3 is 2.14 bits per heavy atom. The number of nitrogen functional groups attached to an aromatic ring is 1. The summed E-state index contributed by atoms with van der Waals surface area (Å²) in [6.45, 7) is 2.04. The lowest BCUT2D eigenvalue weighted by Crippen LogP contribution is -1.98. The van der Waals surface area contributed by atoms with Gasteiger partial charge in [-0.05, 0) is 25.1 Å². The van der Waals surface area contributed by atoms with Gasteiger partial charge in [0.15, 0.2) is 0 Å². The molecule has 0 aliphatic heterocycles. The van der Waals surface area contributed by atoms with E-state index in [-0.39, 0.29) is 5.69 Å². The van der Waals surface area contributed by atoms with Crippen LogP contribution in [-0.4, -0.2) is 17.9 Å². The number of benzene rings is 2. The van der Waals surface area contributed by atoms with E-state index in [0.717, 1.165) is 23.9 Å². The highest BCUT2D eigenvalue weighted by atomic mass is 32.2. The molecule has 0 aromatic heterocycles. The molecule has 0 amide bonds.